The van der Waals surface area contributed by atoms with Gasteiger partial charge in [-0.25, -0.2) is 0 Å². The molecule has 0 aliphatic carbocycles. The minimum Gasteiger partial charge on any atom is -0.378 e. The summed E-state index contributed by atoms with van der Waals surface area (Å²) in [5.74, 6) is 0. The van der Waals surface area contributed by atoms with Crippen LogP contribution in [0.5, 0.6) is 0 Å². The summed E-state index contributed by atoms with van der Waals surface area (Å²) in [7, 11) is 4.09. The van der Waals surface area contributed by atoms with Crippen LogP contribution < -0.4 is 10.2 Å². The molecule has 1 aliphatic rings. The number of nitrogens with one attached hydrogen (secondary N) is 1. The van der Waals surface area contributed by atoms with Gasteiger partial charge in [0.1, 0.15) is 6.23 Å². The smallest absolute Gasteiger partial charge is 0.106 e. The molecule has 1 aliphatic heterocycles. The molecule has 0 amide bonds. The summed E-state index contributed by atoms with van der Waals surface area (Å²) in [6.07, 6.45) is 0.375. The lowest BCUT2D eigenvalue weighted by molar-refractivity contribution is 0.0529. The maximum Gasteiger partial charge on any atom is 0.106 e. The minimum atomic E-state index is 0.170. The fourth-order valence-electron chi connectivity index (χ4n) is 1.80. The first kappa shape index (κ1) is 10.5. The maximum absolute atomic E-state index is 5.72. The van der Waals surface area contributed by atoms with Crippen molar-refractivity contribution < 1.29 is 4.74 Å². The maximum atomic E-state index is 5.72. The van der Waals surface area contributed by atoms with Gasteiger partial charge in [0, 0.05) is 26.3 Å². The van der Waals surface area contributed by atoms with Crippen LogP contribution in [-0.2, 0) is 4.74 Å². The number of hydrogen-bond donors (Lipinski definition) is 1. The van der Waals surface area contributed by atoms with Crippen molar-refractivity contribution in [3.8, 4) is 0 Å². The van der Waals surface area contributed by atoms with Gasteiger partial charge in [-0.2, -0.15) is 0 Å². The Balaban J connectivity index is 2.10. The Labute approximate surface area is 91.0 Å². The molecular weight excluding hydrogens is 188 g/mol. The second kappa shape index (κ2) is 4.21. The molecule has 0 radical (unpaired) electrons. The zero-order valence-corrected chi connectivity index (χ0v) is 9.53. The fraction of sp³-hybridized carbons (Fsp3) is 0.500. The van der Waals surface area contributed by atoms with E-state index in [9.17, 15) is 0 Å². The second-order valence-corrected chi connectivity index (χ2v) is 4.16. The Bertz CT molecular complexity index is 321. The Morgan fingerprint density at radius 1 is 1.27 bits per heavy atom. The molecule has 1 aromatic carbocycles. The second-order valence-electron chi connectivity index (χ2n) is 4.16. The summed E-state index contributed by atoms with van der Waals surface area (Å²) >= 11 is 0. The zero-order chi connectivity index (χ0) is 10.8. The van der Waals surface area contributed by atoms with E-state index in [0.29, 0.717) is 0 Å². The number of ether oxygens (including phenoxy) is 1. The van der Waals surface area contributed by atoms with Crippen molar-refractivity contribution in [2.24, 2.45) is 0 Å². The summed E-state index contributed by atoms with van der Waals surface area (Å²) in [6.45, 7) is 2.94. The molecular formula is C12H18N2O. The molecule has 1 heterocycles. The van der Waals surface area contributed by atoms with Gasteiger partial charge in [0.15, 0.2) is 0 Å². The molecule has 3 nitrogen and oxygen atoms in total. The number of nitrogens with zero attached hydrogens (tertiary/aromatic N) is 1. The summed E-state index contributed by atoms with van der Waals surface area (Å²) < 4.78 is 5.72. The summed E-state index contributed by atoms with van der Waals surface area (Å²) in [5, 5.41) is 3.27. The lowest BCUT2D eigenvalue weighted by atomic mass is 10.1. The number of rotatable bonds is 2. The highest BCUT2D eigenvalue weighted by atomic mass is 16.5. The van der Waals surface area contributed by atoms with Crippen LogP contribution in [0.4, 0.5) is 5.69 Å². The lowest BCUT2D eigenvalue weighted by Crippen LogP contribution is -2.17. The number of benzene rings is 1. The predicted octanol–water partition coefficient (Wildman–Crippen LogP) is 1.76. The molecule has 2 unspecified atom stereocenters. The third-order valence-corrected chi connectivity index (χ3v) is 2.74. The first-order valence-electron chi connectivity index (χ1n) is 5.33. The molecule has 1 N–H and O–H groups in total. The normalized spacial score (nSPS) is 25.5. The molecule has 1 saturated heterocycles. The number of anilines is 1. The monoisotopic (exact) mass is 206 g/mol. The molecule has 3 heteroatoms. The van der Waals surface area contributed by atoms with Gasteiger partial charge < -0.3 is 9.64 Å². The predicted molar refractivity (Wildman–Crippen MR) is 62.1 cm³/mol. The molecule has 0 spiro atoms. The highest BCUT2D eigenvalue weighted by Crippen LogP contribution is 2.24. The summed E-state index contributed by atoms with van der Waals surface area (Å²) in [5.41, 5.74) is 2.47. The van der Waals surface area contributed by atoms with Crippen molar-refractivity contribution >= 4 is 5.69 Å². The van der Waals surface area contributed by atoms with Crippen molar-refractivity contribution in [2.45, 2.75) is 19.3 Å². The standard InChI is InChI=1S/C12H18N2O/c1-9-13-8-12(15-9)10-4-6-11(7-5-10)14(2)3/h4-7,9,12-13H,8H2,1-3H3. The molecule has 1 fully saturated rings. The third-order valence-electron chi connectivity index (χ3n) is 2.74. The quantitative estimate of drug-likeness (QED) is 0.798. The van der Waals surface area contributed by atoms with Crippen LogP contribution in [0.25, 0.3) is 0 Å². The zero-order valence-electron chi connectivity index (χ0n) is 9.53. The Kier molecular flexibility index (Phi) is 2.93. The van der Waals surface area contributed by atoms with Crippen molar-refractivity contribution in [1.29, 1.82) is 0 Å². The van der Waals surface area contributed by atoms with Gasteiger partial charge >= 0.3 is 0 Å². The topological polar surface area (TPSA) is 24.5 Å². The Morgan fingerprint density at radius 2 is 1.93 bits per heavy atom. The van der Waals surface area contributed by atoms with Gasteiger partial charge in [0.2, 0.25) is 0 Å². The summed E-state index contributed by atoms with van der Waals surface area (Å²) in [6, 6.07) is 8.53. The van der Waals surface area contributed by atoms with E-state index in [-0.39, 0.29) is 12.3 Å². The van der Waals surface area contributed by atoms with Crippen LogP contribution in [0.2, 0.25) is 0 Å². The van der Waals surface area contributed by atoms with Crippen LogP contribution in [0.1, 0.15) is 18.6 Å². The van der Waals surface area contributed by atoms with Gasteiger partial charge in [-0.1, -0.05) is 12.1 Å². The van der Waals surface area contributed by atoms with Gasteiger partial charge in [0.05, 0.1) is 6.10 Å². The largest absolute Gasteiger partial charge is 0.378 e. The molecule has 15 heavy (non-hydrogen) atoms. The van der Waals surface area contributed by atoms with E-state index in [0.717, 1.165) is 6.54 Å². The van der Waals surface area contributed by atoms with Crippen LogP contribution in [0.15, 0.2) is 24.3 Å². The average Bonchev–Trinajstić information content (AvgIpc) is 2.65. The van der Waals surface area contributed by atoms with Crippen LogP contribution in [0, 0.1) is 0 Å². The fourth-order valence-corrected chi connectivity index (χ4v) is 1.80. The molecule has 1 aromatic rings. The van der Waals surface area contributed by atoms with E-state index in [2.05, 4.69) is 34.5 Å². The van der Waals surface area contributed by atoms with E-state index >= 15 is 0 Å². The first-order chi connectivity index (χ1) is 7.16. The Morgan fingerprint density at radius 3 is 2.40 bits per heavy atom. The van der Waals surface area contributed by atoms with Crippen LogP contribution in [-0.4, -0.2) is 26.9 Å². The molecule has 2 atom stereocenters. The van der Waals surface area contributed by atoms with E-state index in [1.165, 1.54) is 11.3 Å². The lowest BCUT2D eigenvalue weighted by Gasteiger charge is -2.14. The van der Waals surface area contributed by atoms with Gasteiger partial charge in [0.25, 0.3) is 0 Å². The molecule has 0 bridgehead atoms. The van der Waals surface area contributed by atoms with Gasteiger partial charge in [-0.15, -0.1) is 0 Å². The van der Waals surface area contributed by atoms with Crippen molar-refractivity contribution in [3.05, 3.63) is 29.8 Å². The van der Waals surface area contributed by atoms with Crippen molar-refractivity contribution in [3.63, 3.8) is 0 Å². The highest BCUT2D eigenvalue weighted by molar-refractivity contribution is 5.46. The van der Waals surface area contributed by atoms with Crippen LogP contribution in [0.3, 0.4) is 0 Å². The van der Waals surface area contributed by atoms with Crippen molar-refractivity contribution in [2.75, 3.05) is 25.5 Å². The first-order valence-corrected chi connectivity index (χ1v) is 5.33. The van der Waals surface area contributed by atoms with Gasteiger partial charge in [-0.05, 0) is 24.6 Å². The summed E-state index contributed by atoms with van der Waals surface area (Å²) in [4.78, 5) is 2.10. The third kappa shape index (κ3) is 2.30. The van der Waals surface area contributed by atoms with Crippen molar-refractivity contribution in [1.82, 2.24) is 5.32 Å². The van der Waals surface area contributed by atoms with E-state index < -0.39 is 0 Å². The Hall–Kier alpha value is -1.06. The van der Waals surface area contributed by atoms with E-state index in [1.807, 2.05) is 21.0 Å². The van der Waals surface area contributed by atoms with Gasteiger partial charge in [-0.3, -0.25) is 5.32 Å². The number of hydrogen-bond acceptors (Lipinski definition) is 3. The van der Waals surface area contributed by atoms with E-state index in [1.54, 1.807) is 0 Å². The SMILES string of the molecule is CC1NCC(c2ccc(N(C)C)cc2)O1. The molecule has 2 rings (SSSR count). The van der Waals surface area contributed by atoms with E-state index in [4.69, 9.17) is 4.74 Å². The molecule has 0 aromatic heterocycles. The minimum absolute atomic E-state index is 0.170. The average molecular weight is 206 g/mol. The van der Waals surface area contributed by atoms with Crippen LogP contribution >= 0.6 is 0 Å². The molecule has 82 valence electrons. The molecule has 0 saturated carbocycles. The highest BCUT2D eigenvalue weighted by Gasteiger charge is 2.22.